The van der Waals surface area contributed by atoms with Crippen LogP contribution in [-0.4, -0.2) is 12.8 Å². The zero-order valence-electron chi connectivity index (χ0n) is 15.5. The Kier molecular flexibility index (Phi) is 11.9. The van der Waals surface area contributed by atoms with Gasteiger partial charge in [0.1, 0.15) is 5.75 Å². The molecule has 1 aromatic carbocycles. The second kappa shape index (κ2) is 13.9. The van der Waals surface area contributed by atoms with Crippen LogP contribution in [0, 0.1) is 0 Å². The largest absolute Gasteiger partial charge is 0.513 e. The maximum atomic E-state index is 11.8. The van der Waals surface area contributed by atoms with E-state index in [1.54, 1.807) is 0 Å². The molecule has 0 aromatic heterocycles. The summed E-state index contributed by atoms with van der Waals surface area (Å²) >= 11 is 0. The summed E-state index contributed by atoms with van der Waals surface area (Å²) in [5.41, 5.74) is 1.09. The second-order valence-corrected chi connectivity index (χ2v) is 6.39. The lowest BCUT2D eigenvalue weighted by molar-refractivity contribution is 0.0971. The van der Waals surface area contributed by atoms with Crippen molar-refractivity contribution in [2.75, 3.05) is 6.61 Å². The highest BCUT2D eigenvalue weighted by Gasteiger charge is 2.09. The molecule has 3 nitrogen and oxygen atoms in total. The molecular weight excluding hydrogens is 300 g/mol. The Hall–Kier alpha value is -1.51. The minimum atomic E-state index is -0.585. The van der Waals surface area contributed by atoms with Crippen molar-refractivity contribution in [2.24, 2.45) is 0 Å². The number of carbonyl (C=O) groups is 1. The van der Waals surface area contributed by atoms with Crippen molar-refractivity contribution in [3.8, 4) is 5.75 Å². The summed E-state index contributed by atoms with van der Waals surface area (Å²) in [6, 6.07) is 7.78. The maximum absolute atomic E-state index is 11.8. The summed E-state index contributed by atoms with van der Waals surface area (Å²) in [7, 11) is 0. The van der Waals surface area contributed by atoms with E-state index in [2.05, 4.69) is 13.8 Å². The van der Waals surface area contributed by atoms with Crippen molar-refractivity contribution in [3.05, 3.63) is 29.8 Å². The van der Waals surface area contributed by atoms with Crippen LogP contribution in [0.15, 0.2) is 24.3 Å². The van der Waals surface area contributed by atoms with Gasteiger partial charge in [-0.1, -0.05) is 83.4 Å². The second-order valence-electron chi connectivity index (χ2n) is 6.39. The molecule has 0 fully saturated rings. The van der Waals surface area contributed by atoms with E-state index in [9.17, 15) is 4.79 Å². The molecule has 3 heteroatoms. The fraction of sp³-hybridized carbons (Fsp3) is 0.667. The molecular formula is C21H34O3. The first-order chi connectivity index (χ1) is 11.8. The molecule has 0 aliphatic heterocycles. The molecule has 0 amide bonds. The third-order valence-electron chi connectivity index (χ3n) is 4.18. The van der Waals surface area contributed by atoms with Crippen LogP contribution in [0.4, 0.5) is 4.79 Å². The van der Waals surface area contributed by atoms with Crippen molar-refractivity contribution in [2.45, 2.75) is 84.5 Å². The molecule has 0 unspecified atom stereocenters. The zero-order valence-corrected chi connectivity index (χ0v) is 15.5. The SMILES string of the molecule is CCCCCCCCCc1ccccc1OC(=O)OCCCCC. The van der Waals surface area contributed by atoms with Crippen molar-refractivity contribution in [1.82, 2.24) is 0 Å². The van der Waals surface area contributed by atoms with Gasteiger partial charge in [0.25, 0.3) is 0 Å². The number of unbranched alkanes of at least 4 members (excludes halogenated alkanes) is 8. The van der Waals surface area contributed by atoms with E-state index in [1.807, 2.05) is 24.3 Å². The van der Waals surface area contributed by atoms with E-state index in [-0.39, 0.29) is 0 Å². The molecule has 0 aliphatic rings. The Labute approximate surface area is 147 Å². The van der Waals surface area contributed by atoms with Gasteiger partial charge in [-0.05, 0) is 30.9 Å². The highest BCUT2D eigenvalue weighted by Crippen LogP contribution is 2.21. The van der Waals surface area contributed by atoms with E-state index in [0.29, 0.717) is 12.4 Å². The van der Waals surface area contributed by atoms with E-state index >= 15 is 0 Å². The van der Waals surface area contributed by atoms with E-state index in [1.165, 1.54) is 38.5 Å². The molecule has 1 rings (SSSR count). The van der Waals surface area contributed by atoms with Crippen LogP contribution < -0.4 is 4.74 Å². The van der Waals surface area contributed by atoms with Crippen LogP contribution in [0.25, 0.3) is 0 Å². The van der Waals surface area contributed by atoms with Crippen LogP contribution in [0.3, 0.4) is 0 Å². The fourth-order valence-electron chi connectivity index (χ4n) is 2.71. The summed E-state index contributed by atoms with van der Waals surface area (Å²) in [5.74, 6) is 0.643. The third-order valence-corrected chi connectivity index (χ3v) is 4.18. The summed E-state index contributed by atoms with van der Waals surface area (Å²) in [6.07, 6.45) is 12.4. The number of aryl methyl sites for hydroxylation is 1. The van der Waals surface area contributed by atoms with Crippen molar-refractivity contribution in [1.29, 1.82) is 0 Å². The van der Waals surface area contributed by atoms with Gasteiger partial charge in [-0.25, -0.2) is 4.79 Å². The summed E-state index contributed by atoms with van der Waals surface area (Å²) in [6.45, 7) is 4.80. The number of para-hydroxylation sites is 1. The van der Waals surface area contributed by atoms with Crippen molar-refractivity contribution >= 4 is 6.16 Å². The minimum absolute atomic E-state index is 0.437. The summed E-state index contributed by atoms with van der Waals surface area (Å²) in [4.78, 5) is 11.8. The number of hydrogen-bond acceptors (Lipinski definition) is 3. The highest BCUT2D eigenvalue weighted by atomic mass is 16.7. The van der Waals surface area contributed by atoms with Gasteiger partial charge in [0.15, 0.2) is 0 Å². The first-order valence-corrected chi connectivity index (χ1v) is 9.70. The first kappa shape index (κ1) is 20.5. The highest BCUT2D eigenvalue weighted by molar-refractivity contribution is 5.64. The minimum Gasteiger partial charge on any atom is -0.434 e. The van der Waals surface area contributed by atoms with E-state index < -0.39 is 6.16 Å². The molecule has 0 saturated carbocycles. The van der Waals surface area contributed by atoms with Gasteiger partial charge >= 0.3 is 6.16 Å². The monoisotopic (exact) mass is 334 g/mol. The van der Waals surface area contributed by atoms with Gasteiger partial charge in [-0.2, -0.15) is 0 Å². The number of carbonyl (C=O) groups excluding carboxylic acids is 1. The molecule has 0 spiro atoms. The molecule has 0 heterocycles. The Bertz CT molecular complexity index is 442. The Morgan fingerprint density at radius 3 is 2.21 bits per heavy atom. The standard InChI is InChI=1S/C21H34O3/c1-3-5-7-8-9-10-11-15-19-16-12-13-17-20(19)24-21(22)23-18-14-6-4-2/h12-13,16-17H,3-11,14-15,18H2,1-2H3. The average molecular weight is 335 g/mol. The number of ether oxygens (including phenoxy) is 2. The van der Waals surface area contributed by atoms with Crippen LogP contribution >= 0.6 is 0 Å². The average Bonchev–Trinajstić information content (AvgIpc) is 2.59. The van der Waals surface area contributed by atoms with Gasteiger partial charge in [0.2, 0.25) is 0 Å². The number of hydrogen-bond donors (Lipinski definition) is 0. The smallest absolute Gasteiger partial charge is 0.434 e. The maximum Gasteiger partial charge on any atom is 0.513 e. The molecule has 1 aromatic rings. The molecule has 0 N–H and O–H groups in total. The summed E-state index contributed by atoms with van der Waals surface area (Å²) < 4.78 is 10.5. The quantitative estimate of drug-likeness (QED) is 0.229. The number of benzene rings is 1. The predicted octanol–water partition coefficient (Wildman–Crippen LogP) is 6.69. The fourth-order valence-corrected chi connectivity index (χ4v) is 2.71. The zero-order chi connectivity index (χ0) is 17.5. The lowest BCUT2D eigenvalue weighted by Gasteiger charge is -2.10. The predicted molar refractivity (Wildman–Crippen MR) is 99.6 cm³/mol. The third kappa shape index (κ3) is 9.59. The molecule has 0 radical (unpaired) electrons. The van der Waals surface area contributed by atoms with Gasteiger partial charge in [-0.15, -0.1) is 0 Å². The van der Waals surface area contributed by atoms with Gasteiger partial charge in [0.05, 0.1) is 6.61 Å². The molecule has 24 heavy (non-hydrogen) atoms. The Morgan fingerprint density at radius 2 is 1.46 bits per heavy atom. The van der Waals surface area contributed by atoms with Crippen molar-refractivity contribution < 1.29 is 14.3 Å². The number of rotatable bonds is 13. The molecule has 0 atom stereocenters. The van der Waals surface area contributed by atoms with Crippen LogP contribution in [0.2, 0.25) is 0 Å². The molecule has 0 bridgehead atoms. The Balaban J connectivity index is 2.29. The van der Waals surface area contributed by atoms with Gasteiger partial charge in [-0.3, -0.25) is 0 Å². The summed E-state index contributed by atoms with van der Waals surface area (Å²) in [5, 5.41) is 0. The van der Waals surface area contributed by atoms with Gasteiger partial charge in [0, 0.05) is 0 Å². The first-order valence-electron chi connectivity index (χ1n) is 9.70. The van der Waals surface area contributed by atoms with E-state index in [4.69, 9.17) is 9.47 Å². The Morgan fingerprint density at radius 1 is 0.833 bits per heavy atom. The lowest BCUT2D eigenvalue weighted by atomic mass is 10.0. The topological polar surface area (TPSA) is 35.5 Å². The molecule has 0 aliphatic carbocycles. The molecule has 136 valence electrons. The van der Waals surface area contributed by atoms with Crippen molar-refractivity contribution in [3.63, 3.8) is 0 Å². The van der Waals surface area contributed by atoms with Crippen LogP contribution in [0.5, 0.6) is 5.75 Å². The normalized spacial score (nSPS) is 10.6. The van der Waals surface area contributed by atoms with Crippen LogP contribution in [-0.2, 0) is 11.2 Å². The van der Waals surface area contributed by atoms with E-state index in [0.717, 1.165) is 37.7 Å². The van der Waals surface area contributed by atoms with Gasteiger partial charge < -0.3 is 9.47 Å². The molecule has 0 saturated heterocycles. The lowest BCUT2D eigenvalue weighted by Crippen LogP contribution is -2.12. The van der Waals surface area contributed by atoms with Crippen LogP contribution in [0.1, 0.15) is 83.6 Å².